The van der Waals surface area contributed by atoms with Crippen LogP contribution in [0.25, 0.3) is 0 Å². The molecule has 0 aliphatic rings. The zero-order chi connectivity index (χ0) is 6.57. The van der Waals surface area contributed by atoms with Gasteiger partial charge in [0.05, 0.1) is 6.10 Å². The summed E-state index contributed by atoms with van der Waals surface area (Å²) >= 11 is 0. The predicted octanol–water partition coefficient (Wildman–Crippen LogP) is 1.03. The highest BCUT2D eigenvalue weighted by molar-refractivity contribution is 4.86. The van der Waals surface area contributed by atoms with E-state index in [2.05, 4.69) is 5.92 Å². The van der Waals surface area contributed by atoms with Crippen molar-refractivity contribution in [2.75, 3.05) is 0 Å². The monoisotopic (exact) mass is 112 g/mol. The van der Waals surface area contributed by atoms with Crippen molar-refractivity contribution in [1.29, 1.82) is 0 Å². The lowest BCUT2D eigenvalue weighted by molar-refractivity contribution is 0.137. The summed E-state index contributed by atoms with van der Waals surface area (Å²) in [5.41, 5.74) is 0. The first-order valence-corrected chi connectivity index (χ1v) is 2.80. The number of aliphatic hydroxyl groups is 1. The lowest BCUT2D eigenvalue weighted by Gasteiger charge is -2.09. The topological polar surface area (TPSA) is 20.2 Å². The Morgan fingerprint density at radius 2 is 2.12 bits per heavy atom. The molecule has 0 rings (SSSR count). The van der Waals surface area contributed by atoms with Crippen molar-refractivity contribution >= 4 is 0 Å². The second-order valence-corrected chi connectivity index (χ2v) is 2.13. The van der Waals surface area contributed by atoms with Gasteiger partial charge in [-0.15, -0.1) is 12.3 Å². The van der Waals surface area contributed by atoms with E-state index >= 15 is 0 Å². The fourth-order valence-corrected chi connectivity index (χ4v) is 0.356. The van der Waals surface area contributed by atoms with Crippen LogP contribution in [0.4, 0.5) is 0 Å². The maximum absolute atomic E-state index is 8.86. The number of hydrogen-bond donors (Lipinski definition) is 1. The number of terminal acetylenes is 1. The van der Waals surface area contributed by atoms with Crippen LogP contribution < -0.4 is 0 Å². The number of aliphatic hydroxyl groups excluding tert-OH is 1. The minimum Gasteiger partial charge on any atom is -0.393 e. The third-order valence-corrected chi connectivity index (χ3v) is 1.26. The first-order chi connectivity index (χ1) is 3.68. The average Bonchev–Trinajstić information content (AvgIpc) is 1.67. The first kappa shape index (κ1) is 7.52. The molecule has 0 saturated heterocycles. The molecule has 0 aliphatic heterocycles. The molecule has 0 heterocycles. The van der Waals surface area contributed by atoms with Crippen LogP contribution >= 0.6 is 0 Å². The van der Waals surface area contributed by atoms with Gasteiger partial charge in [-0.2, -0.15) is 0 Å². The van der Waals surface area contributed by atoms with Crippen LogP contribution in [0.1, 0.15) is 20.3 Å². The molecule has 1 heteroatoms. The Morgan fingerprint density at radius 3 is 2.25 bits per heavy atom. The minimum absolute atomic E-state index is 0.236. The molecule has 46 valence electrons. The number of hydrogen-bond acceptors (Lipinski definition) is 1. The van der Waals surface area contributed by atoms with E-state index in [0.717, 1.165) is 0 Å². The Hall–Kier alpha value is -0.480. The van der Waals surface area contributed by atoms with Gasteiger partial charge in [0, 0.05) is 6.42 Å². The summed E-state index contributed by atoms with van der Waals surface area (Å²) in [5, 5.41) is 8.86. The van der Waals surface area contributed by atoms with Crippen LogP contribution in [0.2, 0.25) is 0 Å². The van der Waals surface area contributed by atoms with Gasteiger partial charge in [0.1, 0.15) is 0 Å². The Balaban J connectivity index is 3.35. The summed E-state index contributed by atoms with van der Waals surface area (Å²) in [4.78, 5) is 0. The summed E-state index contributed by atoms with van der Waals surface area (Å²) in [6.07, 6.45) is 5.40. The molecule has 1 N–H and O–H groups in total. The van der Waals surface area contributed by atoms with E-state index in [1.807, 2.05) is 6.92 Å². The molecule has 0 saturated carbocycles. The van der Waals surface area contributed by atoms with Crippen molar-refractivity contribution in [3.63, 3.8) is 0 Å². The molecular formula is C7H12O. The minimum atomic E-state index is -0.272. The van der Waals surface area contributed by atoms with Crippen molar-refractivity contribution in [2.24, 2.45) is 5.92 Å². The highest BCUT2D eigenvalue weighted by Crippen LogP contribution is 2.04. The van der Waals surface area contributed by atoms with Gasteiger partial charge >= 0.3 is 0 Å². The van der Waals surface area contributed by atoms with Gasteiger partial charge in [-0.1, -0.05) is 6.92 Å². The van der Waals surface area contributed by atoms with Gasteiger partial charge < -0.3 is 5.11 Å². The Kier molecular flexibility index (Phi) is 3.30. The quantitative estimate of drug-likeness (QED) is 0.529. The molecule has 2 atom stereocenters. The standard InChI is InChI=1S/C7H12O/c1-4-5-6(2)7(3)8/h1,6-8H,5H2,2-3H3. The SMILES string of the molecule is C#CCC(C)C(C)O. The van der Waals surface area contributed by atoms with Gasteiger partial charge in [0.25, 0.3) is 0 Å². The van der Waals surface area contributed by atoms with Crippen LogP contribution in [0, 0.1) is 18.3 Å². The van der Waals surface area contributed by atoms with Crippen LogP contribution in [0.5, 0.6) is 0 Å². The van der Waals surface area contributed by atoms with Crippen molar-refractivity contribution in [1.82, 2.24) is 0 Å². The molecule has 0 aromatic carbocycles. The van der Waals surface area contributed by atoms with Crippen LogP contribution in [-0.4, -0.2) is 11.2 Å². The van der Waals surface area contributed by atoms with Crippen molar-refractivity contribution in [2.45, 2.75) is 26.4 Å². The second kappa shape index (κ2) is 3.51. The highest BCUT2D eigenvalue weighted by atomic mass is 16.3. The Morgan fingerprint density at radius 1 is 1.62 bits per heavy atom. The van der Waals surface area contributed by atoms with Crippen LogP contribution in [0.15, 0.2) is 0 Å². The third-order valence-electron chi connectivity index (χ3n) is 1.26. The molecule has 0 radical (unpaired) electrons. The zero-order valence-corrected chi connectivity index (χ0v) is 5.39. The first-order valence-electron chi connectivity index (χ1n) is 2.80. The molecule has 0 fully saturated rings. The van der Waals surface area contributed by atoms with Crippen molar-refractivity contribution in [3.8, 4) is 12.3 Å². The molecule has 2 unspecified atom stereocenters. The van der Waals surface area contributed by atoms with E-state index in [0.29, 0.717) is 6.42 Å². The largest absolute Gasteiger partial charge is 0.393 e. The Labute approximate surface area is 50.7 Å². The molecule has 0 aromatic heterocycles. The van der Waals surface area contributed by atoms with Crippen LogP contribution in [0.3, 0.4) is 0 Å². The maximum atomic E-state index is 8.86. The smallest absolute Gasteiger partial charge is 0.0546 e. The fraction of sp³-hybridized carbons (Fsp3) is 0.714. The second-order valence-electron chi connectivity index (χ2n) is 2.13. The summed E-state index contributed by atoms with van der Waals surface area (Å²) in [6, 6.07) is 0. The highest BCUT2D eigenvalue weighted by Gasteiger charge is 2.04. The summed E-state index contributed by atoms with van der Waals surface area (Å²) in [7, 11) is 0. The molecule has 0 aromatic rings. The van der Waals surface area contributed by atoms with Gasteiger partial charge in [-0.05, 0) is 12.8 Å². The Bertz CT molecular complexity index is 89.1. The van der Waals surface area contributed by atoms with E-state index in [1.165, 1.54) is 0 Å². The molecule has 0 amide bonds. The molecule has 1 nitrogen and oxygen atoms in total. The van der Waals surface area contributed by atoms with E-state index in [-0.39, 0.29) is 12.0 Å². The van der Waals surface area contributed by atoms with Gasteiger partial charge in [-0.25, -0.2) is 0 Å². The van der Waals surface area contributed by atoms with Crippen molar-refractivity contribution < 1.29 is 5.11 Å². The molecule has 0 bridgehead atoms. The van der Waals surface area contributed by atoms with Gasteiger partial charge in [0.15, 0.2) is 0 Å². The molecule has 0 spiro atoms. The van der Waals surface area contributed by atoms with E-state index < -0.39 is 0 Å². The lowest BCUT2D eigenvalue weighted by Crippen LogP contribution is -2.11. The predicted molar refractivity (Wildman–Crippen MR) is 34.3 cm³/mol. The summed E-state index contributed by atoms with van der Waals surface area (Å²) in [6.45, 7) is 3.69. The van der Waals surface area contributed by atoms with E-state index in [9.17, 15) is 0 Å². The van der Waals surface area contributed by atoms with E-state index in [4.69, 9.17) is 11.5 Å². The maximum Gasteiger partial charge on any atom is 0.0546 e. The van der Waals surface area contributed by atoms with Gasteiger partial charge in [0.2, 0.25) is 0 Å². The third kappa shape index (κ3) is 2.65. The molecule has 0 aliphatic carbocycles. The lowest BCUT2D eigenvalue weighted by atomic mass is 10.0. The summed E-state index contributed by atoms with van der Waals surface area (Å²) in [5.74, 6) is 2.72. The molecule has 8 heavy (non-hydrogen) atoms. The number of rotatable bonds is 2. The average molecular weight is 112 g/mol. The zero-order valence-electron chi connectivity index (χ0n) is 5.39. The normalized spacial score (nSPS) is 16.8. The van der Waals surface area contributed by atoms with Crippen molar-refractivity contribution in [3.05, 3.63) is 0 Å². The van der Waals surface area contributed by atoms with E-state index in [1.54, 1.807) is 6.92 Å². The fourth-order valence-electron chi connectivity index (χ4n) is 0.356. The van der Waals surface area contributed by atoms with Crippen LogP contribution in [-0.2, 0) is 0 Å². The summed E-state index contributed by atoms with van der Waals surface area (Å²) < 4.78 is 0. The van der Waals surface area contributed by atoms with Gasteiger partial charge in [-0.3, -0.25) is 0 Å². The molecular weight excluding hydrogens is 100 g/mol.